The summed E-state index contributed by atoms with van der Waals surface area (Å²) in [7, 11) is -7.09. The number of guanidine groups is 1. The van der Waals surface area contributed by atoms with Gasteiger partial charge in [0.25, 0.3) is 10.0 Å². The van der Waals surface area contributed by atoms with Crippen LogP contribution in [-0.2, 0) is 25.0 Å². The van der Waals surface area contributed by atoms with Crippen LogP contribution in [0.4, 0.5) is 5.69 Å². The van der Waals surface area contributed by atoms with Gasteiger partial charge in [0.15, 0.2) is 10.6 Å². The van der Waals surface area contributed by atoms with E-state index in [0.29, 0.717) is 30.8 Å². The van der Waals surface area contributed by atoms with E-state index in [-0.39, 0.29) is 53.6 Å². The Morgan fingerprint density at radius 3 is 2.19 bits per heavy atom. The third-order valence-electron chi connectivity index (χ3n) is 6.47. The molecule has 0 atom stereocenters. The molecule has 0 saturated carbocycles. The molecule has 232 valence electrons. The summed E-state index contributed by atoms with van der Waals surface area (Å²) >= 11 is 0. The monoisotopic (exact) mass is 633 g/mol. The molecular weight excluding hydrogens is 598 g/mol. The predicted octanol–water partition coefficient (Wildman–Crippen LogP) is 2.26. The Morgan fingerprint density at radius 2 is 1.51 bits per heavy atom. The van der Waals surface area contributed by atoms with Crippen LogP contribution < -0.4 is 30.0 Å². The standard InChI is InChI=1S/C28H35N5O8S2/c1-21-19-25(39-17-8-18-40-31-28(29)30)27(26(20-21)41-43(36,37)22-9-4-3-5-10-22)42(34,35)33-15-13-32(14-16-33)23-11-6-7-12-24(23)38-2/h3-7,9-12,19-20H,8,13-18H2,1-2H3,(H4,29,30,31). The van der Waals surface area contributed by atoms with E-state index >= 15 is 0 Å². The summed E-state index contributed by atoms with van der Waals surface area (Å²) in [6.45, 7) is 2.82. The Labute approximate surface area is 251 Å². The van der Waals surface area contributed by atoms with Crippen LogP contribution in [-0.4, -0.2) is 73.6 Å². The van der Waals surface area contributed by atoms with E-state index in [2.05, 4.69) is 5.16 Å². The van der Waals surface area contributed by atoms with Gasteiger partial charge in [-0.25, -0.2) is 8.42 Å². The number of rotatable bonds is 13. The number of sulfonamides is 1. The molecule has 1 aliphatic rings. The van der Waals surface area contributed by atoms with Crippen LogP contribution >= 0.6 is 0 Å². The van der Waals surface area contributed by atoms with Gasteiger partial charge in [0, 0.05) is 32.6 Å². The SMILES string of the molecule is COc1ccccc1N1CCN(S(=O)(=O)c2c(OCCCON=C(N)N)cc(C)cc2OS(=O)(=O)c2ccccc2)CC1. The third kappa shape index (κ3) is 7.80. The molecule has 0 spiro atoms. The molecule has 0 amide bonds. The van der Waals surface area contributed by atoms with Crippen molar-refractivity contribution in [1.29, 1.82) is 0 Å². The minimum atomic E-state index is -4.37. The van der Waals surface area contributed by atoms with Crippen molar-refractivity contribution in [1.82, 2.24) is 4.31 Å². The average molecular weight is 634 g/mol. The topological polar surface area (TPSA) is 176 Å². The van der Waals surface area contributed by atoms with Gasteiger partial charge < -0.3 is 34.9 Å². The number of benzene rings is 3. The number of nitrogens with two attached hydrogens (primary N) is 2. The fourth-order valence-corrected chi connectivity index (χ4v) is 7.14. The molecule has 1 heterocycles. The summed E-state index contributed by atoms with van der Waals surface area (Å²) in [4.78, 5) is 6.50. The number of ether oxygens (including phenoxy) is 2. The highest BCUT2D eigenvalue weighted by atomic mass is 32.2. The lowest BCUT2D eigenvalue weighted by Gasteiger charge is -2.36. The maximum atomic E-state index is 14.2. The molecule has 3 aromatic rings. The van der Waals surface area contributed by atoms with Crippen molar-refractivity contribution in [3.05, 3.63) is 72.3 Å². The summed E-state index contributed by atoms with van der Waals surface area (Å²) < 4.78 is 72.9. The molecule has 3 aromatic carbocycles. The first kappa shape index (κ1) is 31.7. The number of hydrogen-bond donors (Lipinski definition) is 2. The maximum Gasteiger partial charge on any atom is 0.339 e. The van der Waals surface area contributed by atoms with Crippen LogP contribution in [0.5, 0.6) is 17.2 Å². The predicted molar refractivity (Wildman–Crippen MR) is 161 cm³/mol. The molecule has 0 bridgehead atoms. The first-order chi connectivity index (χ1) is 20.5. The summed E-state index contributed by atoms with van der Waals surface area (Å²) in [5.74, 6) is 0.0360. The van der Waals surface area contributed by atoms with Crippen molar-refractivity contribution in [2.24, 2.45) is 16.6 Å². The summed E-state index contributed by atoms with van der Waals surface area (Å²) in [6, 6.07) is 17.9. The molecule has 4 N–H and O–H groups in total. The van der Waals surface area contributed by atoms with E-state index in [4.69, 9.17) is 30.0 Å². The fraction of sp³-hybridized carbons (Fsp3) is 0.321. The highest BCUT2D eigenvalue weighted by molar-refractivity contribution is 7.89. The van der Waals surface area contributed by atoms with Gasteiger partial charge in [-0.3, -0.25) is 0 Å². The molecule has 1 aliphatic heterocycles. The summed E-state index contributed by atoms with van der Waals surface area (Å²) in [6.07, 6.45) is 0.306. The molecular formula is C28H35N5O8S2. The zero-order valence-corrected chi connectivity index (χ0v) is 25.5. The van der Waals surface area contributed by atoms with Crippen molar-refractivity contribution in [3.8, 4) is 17.2 Å². The Balaban J connectivity index is 1.65. The highest BCUT2D eigenvalue weighted by Crippen LogP contribution is 2.39. The van der Waals surface area contributed by atoms with Gasteiger partial charge in [-0.2, -0.15) is 12.7 Å². The van der Waals surface area contributed by atoms with E-state index in [9.17, 15) is 16.8 Å². The first-order valence-electron chi connectivity index (χ1n) is 13.4. The molecule has 1 fully saturated rings. The number of hydrogen-bond acceptors (Lipinski definition) is 10. The van der Waals surface area contributed by atoms with Gasteiger partial charge in [0.05, 0.1) is 19.4 Å². The van der Waals surface area contributed by atoms with E-state index in [0.717, 1.165) is 5.69 Å². The van der Waals surface area contributed by atoms with Gasteiger partial charge in [-0.1, -0.05) is 30.3 Å². The molecule has 15 heteroatoms. The number of oxime groups is 1. The van der Waals surface area contributed by atoms with Gasteiger partial charge in [-0.15, -0.1) is 0 Å². The smallest absolute Gasteiger partial charge is 0.339 e. The van der Waals surface area contributed by atoms with Crippen molar-refractivity contribution in [3.63, 3.8) is 0 Å². The minimum absolute atomic E-state index is 0.0262. The maximum absolute atomic E-state index is 14.2. The number of methoxy groups -OCH3 is 1. The lowest BCUT2D eigenvalue weighted by atomic mass is 10.2. The third-order valence-corrected chi connectivity index (χ3v) is 9.68. The summed E-state index contributed by atoms with van der Waals surface area (Å²) in [5, 5.41) is 3.44. The number of anilines is 1. The fourth-order valence-electron chi connectivity index (χ4n) is 4.50. The van der Waals surface area contributed by atoms with Crippen LogP contribution in [0.1, 0.15) is 12.0 Å². The van der Waals surface area contributed by atoms with Gasteiger partial charge in [-0.05, 0) is 54.0 Å². The lowest BCUT2D eigenvalue weighted by molar-refractivity contribution is 0.126. The molecule has 0 radical (unpaired) electrons. The van der Waals surface area contributed by atoms with Crippen molar-refractivity contribution < 1.29 is 35.3 Å². The van der Waals surface area contributed by atoms with Crippen LogP contribution in [0.2, 0.25) is 0 Å². The highest BCUT2D eigenvalue weighted by Gasteiger charge is 2.36. The number of nitrogens with zero attached hydrogens (tertiary/aromatic N) is 3. The summed E-state index contributed by atoms with van der Waals surface area (Å²) in [5.41, 5.74) is 11.9. The Kier molecular flexibility index (Phi) is 10.2. The zero-order valence-electron chi connectivity index (χ0n) is 23.9. The van der Waals surface area contributed by atoms with Crippen molar-refractivity contribution >= 4 is 31.8 Å². The van der Waals surface area contributed by atoms with E-state index in [1.807, 2.05) is 29.2 Å². The second kappa shape index (κ2) is 13.8. The molecule has 0 unspecified atom stereocenters. The number of para-hydroxylation sites is 2. The van der Waals surface area contributed by atoms with Crippen molar-refractivity contribution in [2.45, 2.75) is 23.1 Å². The molecule has 43 heavy (non-hydrogen) atoms. The normalized spacial score (nSPS) is 14.1. The van der Waals surface area contributed by atoms with E-state index in [1.165, 1.54) is 28.6 Å². The average Bonchev–Trinajstić information content (AvgIpc) is 2.98. The molecule has 13 nitrogen and oxygen atoms in total. The largest absolute Gasteiger partial charge is 0.495 e. The Morgan fingerprint density at radius 1 is 0.860 bits per heavy atom. The second-order valence-electron chi connectivity index (χ2n) is 9.56. The minimum Gasteiger partial charge on any atom is -0.495 e. The second-order valence-corrected chi connectivity index (χ2v) is 13.0. The van der Waals surface area contributed by atoms with Gasteiger partial charge in [0.2, 0.25) is 5.96 Å². The zero-order chi connectivity index (χ0) is 31.0. The quantitative estimate of drug-likeness (QED) is 0.0928. The van der Waals surface area contributed by atoms with Crippen LogP contribution in [0.3, 0.4) is 0 Å². The molecule has 0 aliphatic carbocycles. The van der Waals surface area contributed by atoms with Crippen LogP contribution in [0.15, 0.2) is 81.7 Å². The van der Waals surface area contributed by atoms with E-state index in [1.54, 1.807) is 32.2 Å². The van der Waals surface area contributed by atoms with Crippen molar-refractivity contribution in [2.75, 3.05) is 51.4 Å². The first-order valence-corrected chi connectivity index (χ1v) is 16.2. The Bertz CT molecular complexity index is 1640. The van der Waals surface area contributed by atoms with Gasteiger partial charge in [0.1, 0.15) is 23.0 Å². The molecule has 4 rings (SSSR count). The lowest BCUT2D eigenvalue weighted by Crippen LogP contribution is -2.48. The molecule has 0 aromatic heterocycles. The number of piperazine rings is 1. The Hall–Kier alpha value is -4.21. The van der Waals surface area contributed by atoms with Crippen LogP contribution in [0, 0.1) is 6.92 Å². The van der Waals surface area contributed by atoms with E-state index < -0.39 is 20.1 Å². The molecule has 1 saturated heterocycles. The van der Waals surface area contributed by atoms with Gasteiger partial charge >= 0.3 is 10.1 Å². The van der Waals surface area contributed by atoms with Crippen LogP contribution in [0.25, 0.3) is 0 Å². The number of aryl methyl sites for hydroxylation is 1.